The Morgan fingerprint density at radius 1 is 1.05 bits per heavy atom. The second kappa shape index (κ2) is 6.42. The van der Waals surface area contributed by atoms with Crippen molar-refractivity contribution in [1.29, 1.82) is 0 Å². The van der Waals surface area contributed by atoms with E-state index in [-0.39, 0.29) is 6.10 Å². The molecule has 1 N–H and O–H groups in total. The van der Waals surface area contributed by atoms with Crippen LogP contribution < -0.4 is 4.74 Å². The molecule has 106 valence electrons. The van der Waals surface area contributed by atoms with Crippen LogP contribution in [0.3, 0.4) is 0 Å². The Labute approximate surface area is 128 Å². The van der Waals surface area contributed by atoms with Gasteiger partial charge in [0.05, 0.1) is 6.10 Å². The van der Waals surface area contributed by atoms with Crippen molar-refractivity contribution in [3.8, 4) is 5.75 Å². The average molecular weight is 335 g/mol. The van der Waals surface area contributed by atoms with E-state index in [2.05, 4.69) is 15.9 Å². The summed E-state index contributed by atoms with van der Waals surface area (Å²) in [4.78, 5) is 0. The first-order chi connectivity index (χ1) is 9.45. The molecule has 0 bridgehead atoms. The van der Waals surface area contributed by atoms with E-state index in [1.807, 2.05) is 63.2 Å². The van der Waals surface area contributed by atoms with Crippen LogP contribution in [0.4, 0.5) is 0 Å². The van der Waals surface area contributed by atoms with Crippen LogP contribution in [0.1, 0.15) is 36.6 Å². The van der Waals surface area contributed by atoms with E-state index in [0.717, 1.165) is 26.9 Å². The summed E-state index contributed by atoms with van der Waals surface area (Å²) in [6.07, 6.45) is -0.530. The van der Waals surface area contributed by atoms with Crippen LogP contribution in [-0.2, 0) is 0 Å². The maximum Gasteiger partial charge on any atom is 0.120 e. The highest BCUT2D eigenvalue weighted by molar-refractivity contribution is 9.10. The molecule has 0 fully saturated rings. The number of hydrogen-bond donors (Lipinski definition) is 1. The van der Waals surface area contributed by atoms with Crippen LogP contribution in [0.5, 0.6) is 5.75 Å². The van der Waals surface area contributed by atoms with Crippen molar-refractivity contribution in [3.63, 3.8) is 0 Å². The highest BCUT2D eigenvalue weighted by Crippen LogP contribution is 2.28. The molecule has 0 aromatic heterocycles. The lowest BCUT2D eigenvalue weighted by Crippen LogP contribution is -2.06. The molecular weight excluding hydrogens is 316 g/mol. The van der Waals surface area contributed by atoms with Crippen molar-refractivity contribution in [1.82, 2.24) is 0 Å². The van der Waals surface area contributed by atoms with Gasteiger partial charge >= 0.3 is 0 Å². The van der Waals surface area contributed by atoms with E-state index < -0.39 is 6.10 Å². The molecule has 2 aromatic rings. The Hall–Kier alpha value is -1.32. The summed E-state index contributed by atoms with van der Waals surface area (Å²) in [5.41, 5.74) is 2.82. The second-order valence-corrected chi connectivity index (χ2v) is 6.12. The minimum atomic E-state index is -0.651. The highest BCUT2D eigenvalue weighted by atomic mass is 79.9. The minimum Gasteiger partial charge on any atom is -0.491 e. The molecule has 20 heavy (non-hydrogen) atoms. The van der Waals surface area contributed by atoms with Gasteiger partial charge in [-0.1, -0.05) is 34.1 Å². The van der Waals surface area contributed by atoms with Crippen molar-refractivity contribution < 1.29 is 9.84 Å². The number of hydrogen-bond acceptors (Lipinski definition) is 2. The number of rotatable bonds is 4. The highest BCUT2D eigenvalue weighted by Gasteiger charge is 2.12. The van der Waals surface area contributed by atoms with Crippen LogP contribution >= 0.6 is 15.9 Å². The van der Waals surface area contributed by atoms with Gasteiger partial charge in [-0.3, -0.25) is 0 Å². The topological polar surface area (TPSA) is 29.5 Å². The Bertz CT molecular complexity index is 573. The third-order valence-corrected chi connectivity index (χ3v) is 3.38. The van der Waals surface area contributed by atoms with Gasteiger partial charge in [0, 0.05) is 4.47 Å². The van der Waals surface area contributed by atoms with E-state index in [1.165, 1.54) is 0 Å². The summed E-state index contributed by atoms with van der Waals surface area (Å²) in [6, 6.07) is 13.6. The zero-order valence-electron chi connectivity index (χ0n) is 11.9. The third-order valence-electron chi connectivity index (χ3n) is 2.93. The van der Waals surface area contributed by atoms with Crippen LogP contribution in [0, 0.1) is 6.92 Å². The SMILES string of the molecule is Cc1cc(Br)cc(C(O)c2cccc(OC(C)C)c2)c1. The lowest BCUT2D eigenvalue weighted by atomic mass is 10.00. The lowest BCUT2D eigenvalue weighted by molar-refractivity contribution is 0.216. The van der Waals surface area contributed by atoms with Gasteiger partial charge in [-0.2, -0.15) is 0 Å². The van der Waals surface area contributed by atoms with Crippen LogP contribution in [-0.4, -0.2) is 11.2 Å². The predicted molar refractivity (Wildman–Crippen MR) is 85.1 cm³/mol. The van der Waals surface area contributed by atoms with Crippen LogP contribution in [0.25, 0.3) is 0 Å². The maximum absolute atomic E-state index is 10.5. The minimum absolute atomic E-state index is 0.121. The lowest BCUT2D eigenvalue weighted by Gasteiger charge is -2.15. The average Bonchev–Trinajstić information content (AvgIpc) is 2.36. The second-order valence-electron chi connectivity index (χ2n) is 5.20. The molecule has 0 saturated carbocycles. The molecule has 0 aliphatic carbocycles. The largest absolute Gasteiger partial charge is 0.491 e. The first kappa shape index (κ1) is 15.1. The van der Waals surface area contributed by atoms with Gasteiger partial charge in [-0.15, -0.1) is 0 Å². The third kappa shape index (κ3) is 3.84. The standard InChI is InChI=1S/C17H19BrO2/c1-11(2)20-16-6-4-5-13(10-16)17(19)14-7-12(3)8-15(18)9-14/h4-11,17,19H,1-3H3. The zero-order chi connectivity index (χ0) is 14.7. The van der Waals surface area contributed by atoms with Gasteiger partial charge in [0.1, 0.15) is 11.9 Å². The van der Waals surface area contributed by atoms with Crippen molar-refractivity contribution in [2.75, 3.05) is 0 Å². The Morgan fingerprint density at radius 2 is 1.80 bits per heavy atom. The van der Waals surface area contributed by atoms with Crippen LogP contribution in [0.2, 0.25) is 0 Å². The molecule has 0 spiro atoms. The quantitative estimate of drug-likeness (QED) is 0.883. The smallest absolute Gasteiger partial charge is 0.120 e. The monoisotopic (exact) mass is 334 g/mol. The number of benzene rings is 2. The number of ether oxygens (including phenoxy) is 1. The van der Waals surface area contributed by atoms with Gasteiger partial charge < -0.3 is 9.84 Å². The van der Waals surface area contributed by atoms with Crippen molar-refractivity contribution >= 4 is 15.9 Å². The molecule has 2 aromatic carbocycles. The first-order valence-corrected chi connectivity index (χ1v) is 7.47. The fourth-order valence-electron chi connectivity index (χ4n) is 2.15. The summed E-state index contributed by atoms with van der Waals surface area (Å²) >= 11 is 3.47. The molecule has 1 atom stereocenters. The van der Waals surface area contributed by atoms with E-state index in [9.17, 15) is 5.11 Å². The Balaban J connectivity index is 2.30. The fourth-order valence-corrected chi connectivity index (χ4v) is 2.77. The van der Waals surface area contributed by atoms with Crippen molar-refractivity contribution in [3.05, 3.63) is 63.6 Å². The summed E-state index contributed by atoms with van der Waals surface area (Å²) in [7, 11) is 0. The van der Waals surface area contributed by atoms with Gasteiger partial charge in [0.25, 0.3) is 0 Å². The van der Waals surface area contributed by atoms with Crippen molar-refractivity contribution in [2.45, 2.75) is 33.0 Å². The first-order valence-electron chi connectivity index (χ1n) is 6.67. The van der Waals surface area contributed by atoms with E-state index >= 15 is 0 Å². The molecule has 0 saturated heterocycles. The van der Waals surface area contributed by atoms with Gasteiger partial charge in [0.15, 0.2) is 0 Å². The fraction of sp³-hybridized carbons (Fsp3) is 0.294. The molecule has 1 unspecified atom stereocenters. The predicted octanol–water partition coefficient (Wildman–Crippen LogP) is 4.63. The molecule has 2 nitrogen and oxygen atoms in total. The Kier molecular flexibility index (Phi) is 4.84. The van der Waals surface area contributed by atoms with Crippen LogP contribution in [0.15, 0.2) is 46.9 Å². The molecule has 0 aliphatic rings. The molecule has 0 aliphatic heterocycles. The number of halogens is 1. The normalized spacial score (nSPS) is 12.5. The molecule has 0 amide bonds. The molecular formula is C17H19BrO2. The molecule has 3 heteroatoms. The molecule has 0 heterocycles. The summed E-state index contributed by atoms with van der Waals surface area (Å²) in [6.45, 7) is 5.99. The maximum atomic E-state index is 10.5. The molecule has 2 rings (SSSR count). The number of aliphatic hydroxyl groups excluding tert-OH is 1. The molecule has 0 radical (unpaired) electrons. The Morgan fingerprint density at radius 3 is 2.45 bits per heavy atom. The summed E-state index contributed by atoms with van der Waals surface area (Å²) < 4.78 is 6.64. The van der Waals surface area contributed by atoms with Gasteiger partial charge in [0.2, 0.25) is 0 Å². The zero-order valence-corrected chi connectivity index (χ0v) is 13.5. The van der Waals surface area contributed by atoms with Gasteiger partial charge in [-0.05, 0) is 61.7 Å². The van der Waals surface area contributed by atoms with E-state index in [1.54, 1.807) is 0 Å². The van der Waals surface area contributed by atoms with Crippen molar-refractivity contribution in [2.24, 2.45) is 0 Å². The number of aryl methyl sites for hydroxylation is 1. The van der Waals surface area contributed by atoms with Gasteiger partial charge in [-0.25, -0.2) is 0 Å². The summed E-state index contributed by atoms with van der Waals surface area (Å²) in [5.74, 6) is 0.781. The van der Waals surface area contributed by atoms with E-state index in [0.29, 0.717) is 0 Å². The summed E-state index contributed by atoms with van der Waals surface area (Å²) in [5, 5.41) is 10.5. The van der Waals surface area contributed by atoms with E-state index in [4.69, 9.17) is 4.74 Å². The number of aliphatic hydroxyl groups is 1.